The molecule has 0 radical (unpaired) electrons. The fourth-order valence-electron chi connectivity index (χ4n) is 1.67. The molecule has 0 aromatic carbocycles. The molecule has 14 heavy (non-hydrogen) atoms. The van der Waals surface area contributed by atoms with Gasteiger partial charge in [-0.3, -0.25) is 4.98 Å². The lowest BCUT2D eigenvalue weighted by Gasteiger charge is -2.24. The molecular weight excluding hydrogens is 172 g/mol. The molecule has 0 fully saturated rings. The molecule has 0 unspecified atom stereocenters. The monoisotopic (exact) mass is 192 g/mol. The molecule has 0 aliphatic carbocycles. The average Bonchev–Trinajstić information content (AvgIpc) is 2.21. The van der Waals surface area contributed by atoms with Crippen LogP contribution in [0.5, 0.6) is 0 Å². The van der Waals surface area contributed by atoms with Gasteiger partial charge in [-0.1, -0.05) is 19.9 Å². The minimum atomic E-state index is 1.06. The number of nitrogens with zero attached hydrogens (tertiary/aromatic N) is 2. The molecule has 0 bridgehead atoms. The molecule has 0 saturated heterocycles. The van der Waals surface area contributed by atoms with Crippen molar-refractivity contribution in [2.45, 2.75) is 33.7 Å². The predicted octanol–water partition coefficient (Wildman–Crippen LogP) is 2.40. The number of likely N-dealkylation sites (N-methyl/N-ethyl adjacent to an activating group) is 1. The van der Waals surface area contributed by atoms with E-state index in [9.17, 15) is 0 Å². The Bertz CT molecular complexity index is 294. The molecular formula is C12H20N2. The fourth-order valence-corrected chi connectivity index (χ4v) is 1.67. The maximum Gasteiger partial charge on any atom is 0.0464 e. The summed E-state index contributed by atoms with van der Waals surface area (Å²) < 4.78 is 0. The lowest BCUT2D eigenvalue weighted by Crippen LogP contribution is -2.27. The first-order chi connectivity index (χ1) is 6.75. The van der Waals surface area contributed by atoms with E-state index in [4.69, 9.17) is 0 Å². The van der Waals surface area contributed by atoms with Crippen molar-refractivity contribution >= 4 is 0 Å². The average molecular weight is 192 g/mol. The first-order valence-corrected chi connectivity index (χ1v) is 5.39. The van der Waals surface area contributed by atoms with E-state index in [2.05, 4.69) is 36.0 Å². The van der Waals surface area contributed by atoms with Crippen LogP contribution >= 0.6 is 0 Å². The summed E-state index contributed by atoms with van der Waals surface area (Å²) >= 11 is 0. The minimum absolute atomic E-state index is 1.06. The Hall–Kier alpha value is -0.890. The van der Waals surface area contributed by atoms with Crippen LogP contribution in [-0.4, -0.2) is 23.5 Å². The second-order valence-corrected chi connectivity index (χ2v) is 3.55. The molecule has 0 spiro atoms. The fraction of sp³-hybridized carbons (Fsp3) is 0.583. The van der Waals surface area contributed by atoms with Crippen LogP contribution in [0.15, 0.2) is 12.1 Å². The van der Waals surface area contributed by atoms with Gasteiger partial charge in [0.15, 0.2) is 0 Å². The van der Waals surface area contributed by atoms with Crippen molar-refractivity contribution < 1.29 is 0 Å². The summed E-state index contributed by atoms with van der Waals surface area (Å²) in [5.41, 5.74) is 3.83. The topological polar surface area (TPSA) is 16.1 Å². The highest BCUT2D eigenvalue weighted by Gasteiger charge is 2.13. The van der Waals surface area contributed by atoms with Gasteiger partial charge in [0.2, 0.25) is 0 Å². The van der Waals surface area contributed by atoms with E-state index in [0.29, 0.717) is 0 Å². The SMILES string of the molecule is CC.Cc1ccc2c(n1)CCN(C)C2. The van der Waals surface area contributed by atoms with Crippen LogP contribution in [-0.2, 0) is 13.0 Å². The van der Waals surface area contributed by atoms with Gasteiger partial charge < -0.3 is 4.90 Å². The highest BCUT2D eigenvalue weighted by molar-refractivity contribution is 5.24. The van der Waals surface area contributed by atoms with Gasteiger partial charge >= 0.3 is 0 Å². The van der Waals surface area contributed by atoms with Crippen molar-refractivity contribution in [3.8, 4) is 0 Å². The molecule has 0 amide bonds. The van der Waals surface area contributed by atoms with Crippen molar-refractivity contribution in [3.63, 3.8) is 0 Å². The molecule has 0 N–H and O–H groups in total. The molecule has 1 aliphatic heterocycles. The standard InChI is InChI=1S/C10H14N2.C2H6/c1-8-3-4-9-7-12(2)6-5-10(9)11-8;1-2/h3-4H,5-7H2,1-2H3;1-2H3. The highest BCUT2D eigenvalue weighted by Crippen LogP contribution is 2.15. The first kappa shape index (κ1) is 11.2. The van der Waals surface area contributed by atoms with Crippen molar-refractivity contribution in [1.29, 1.82) is 0 Å². The van der Waals surface area contributed by atoms with Gasteiger partial charge in [0.1, 0.15) is 0 Å². The van der Waals surface area contributed by atoms with Crippen LogP contribution in [0.25, 0.3) is 0 Å². The smallest absolute Gasteiger partial charge is 0.0464 e. The molecule has 2 heterocycles. The molecule has 1 aromatic rings. The van der Waals surface area contributed by atoms with Gasteiger partial charge in [-0.05, 0) is 25.6 Å². The predicted molar refractivity (Wildman–Crippen MR) is 60.4 cm³/mol. The van der Waals surface area contributed by atoms with Crippen LogP contribution in [0.3, 0.4) is 0 Å². The summed E-state index contributed by atoms with van der Waals surface area (Å²) in [7, 11) is 2.16. The Morgan fingerprint density at radius 1 is 1.29 bits per heavy atom. The van der Waals surface area contributed by atoms with E-state index in [1.165, 1.54) is 11.3 Å². The van der Waals surface area contributed by atoms with Crippen LogP contribution < -0.4 is 0 Å². The second kappa shape index (κ2) is 5.11. The Kier molecular flexibility index (Phi) is 4.08. The number of rotatable bonds is 0. The minimum Gasteiger partial charge on any atom is -0.302 e. The number of aryl methyl sites for hydroxylation is 1. The van der Waals surface area contributed by atoms with Gasteiger partial charge in [-0.15, -0.1) is 0 Å². The number of aromatic nitrogens is 1. The van der Waals surface area contributed by atoms with Crippen LogP contribution in [0.2, 0.25) is 0 Å². The zero-order valence-electron chi connectivity index (χ0n) is 9.67. The van der Waals surface area contributed by atoms with E-state index in [1.54, 1.807) is 0 Å². The molecule has 0 saturated carbocycles. The highest BCUT2D eigenvalue weighted by atomic mass is 15.1. The largest absolute Gasteiger partial charge is 0.302 e. The second-order valence-electron chi connectivity index (χ2n) is 3.55. The third-order valence-corrected chi connectivity index (χ3v) is 2.38. The molecule has 2 rings (SSSR count). The van der Waals surface area contributed by atoms with Gasteiger partial charge in [0, 0.05) is 30.9 Å². The zero-order valence-corrected chi connectivity index (χ0v) is 9.67. The number of hydrogen-bond donors (Lipinski definition) is 0. The Balaban J connectivity index is 0.000000461. The summed E-state index contributed by atoms with van der Waals surface area (Å²) in [4.78, 5) is 6.85. The third-order valence-electron chi connectivity index (χ3n) is 2.38. The summed E-state index contributed by atoms with van der Waals surface area (Å²) in [5.74, 6) is 0. The Labute approximate surface area is 87.0 Å². The summed E-state index contributed by atoms with van der Waals surface area (Å²) in [6.07, 6.45) is 1.10. The molecule has 0 atom stereocenters. The van der Waals surface area contributed by atoms with Gasteiger partial charge in [-0.2, -0.15) is 0 Å². The third kappa shape index (κ3) is 2.55. The van der Waals surface area contributed by atoms with E-state index >= 15 is 0 Å². The Morgan fingerprint density at radius 3 is 2.71 bits per heavy atom. The maximum absolute atomic E-state index is 4.52. The van der Waals surface area contributed by atoms with E-state index < -0.39 is 0 Å². The lowest BCUT2D eigenvalue weighted by atomic mass is 10.1. The van der Waals surface area contributed by atoms with Gasteiger partial charge in [0.25, 0.3) is 0 Å². The number of hydrogen-bond acceptors (Lipinski definition) is 2. The molecule has 2 nitrogen and oxygen atoms in total. The van der Waals surface area contributed by atoms with Crippen LogP contribution in [0.4, 0.5) is 0 Å². The molecule has 2 heteroatoms. The van der Waals surface area contributed by atoms with Crippen molar-refractivity contribution in [2.24, 2.45) is 0 Å². The lowest BCUT2D eigenvalue weighted by molar-refractivity contribution is 0.309. The quantitative estimate of drug-likeness (QED) is 0.627. The van der Waals surface area contributed by atoms with Crippen molar-refractivity contribution in [1.82, 2.24) is 9.88 Å². The molecule has 78 valence electrons. The van der Waals surface area contributed by atoms with Gasteiger partial charge in [0.05, 0.1) is 0 Å². The zero-order chi connectivity index (χ0) is 10.6. The number of fused-ring (bicyclic) bond motifs is 1. The van der Waals surface area contributed by atoms with Crippen molar-refractivity contribution in [2.75, 3.05) is 13.6 Å². The Morgan fingerprint density at radius 2 is 2.00 bits per heavy atom. The summed E-state index contributed by atoms with van der Waals surface area (Å²) in [6.45, 7) is 8.25. The summed E-state index contributed by atoms with van der Waals surface area (Å²) in [6, 6.07) is 4.30. The van der Waals surface area contributed by atoms with Crippen molar-refractivity contribution in [3.05, 3.63) is 29.1 Å². The maximum atomic E-state index is 4.52. The normalized spacial score (nSPS) is 15.4. The number of pyridine rings is 1. The van der Waals surface area contributed by atoms with Gasteiger partial charge in [-0.25, -0.2) is 0 Å². The summed E-state index contributed by atoms with van der Waals surface area (Å²) in [5, 5.41) is 0. The molecule has 1 aromatic heterocycles. The first-order valence-electron chi connectivity index (χ1n) is 5.39. The van der Waals surface area contributed by atoms with Crippen LogP contribution in [0.1, 0.15) is 30.8 Å². The van der Waals surface area contributed by atoms with Crippen LogP contribution in [0, 0.1) is 6.92 Å². The molecule has 1 aliphatic rings. The van der Waals surface area contributed by atoms with E-state index in [0.717, 1.165) is 25.2 Å². The van der Waals surface area contributed by atoms with E-state index in [1.807, 2.05) is 13.8 Å². The van der Waals surface area contributed by atoms with E-state index in [-0.39, 0.29) is 0 Å².